The number of rotatable bonds is 5. The molecule has 0 aliphatic heterocycles. The van der Waals surface area contributed by atoms with Gasteiger partial charge in [-0.3, -0.25) is 0 Å². The molecule has 0 aromatic heterocycles. The van der Waals surface area contributed by atoms with E-state index in [0.717, 1.165) is 24.8 Å². The van der Waals surface area contributed by atoms with Crippen LogP contribution in [-0.4, -0.2) is 44.8 Å². The molecular weight excluding hydrogens is 304 g/mol. The summed E-state index contributed by atoms with van der Waals surface area (Å²) < 4.78 is 0. The smallest absolute Gasteiger partial charge is 0.105 e. The first-order chi connectivity index (χ1) is 11.0. The van der Waals surface area contributed by atoms with Gasteiger partial charge in [-0.1, -0.05) is 32.9 Å². The molecule has 7 atom stereocenters. The summed E-state index contributed by atoms with van der Waals surface area (Å²) in [5, 5.41) is 41.4. The Morgan fingerprint density at radius 2 is 2.00 bits per heavy atom. The molecule has 4 N–H and O–H groups in total. The summed E-state index contributed by atoms with van der Waals surface area (Å²) in [4.78, 5) is 0. The van der Waals surface area contributed by atoms with E-state index in [9.17, 15) is 20.4 Å². The van der Waals surface area contributed by atoms with Crippen molar-refractivity contribution < 1.29 is 20.4 Å². The van der Waals surface area contributed by atoms with Crippen LogP contribution in [0.25, 0.3) is 0 Å². The Bertz CT molecular complexity index is 500. The average molecular weight is 338 g/mol. The lowest BCUT2D eigenvalue weighted by Gasteiger charge is -2.59. The summed E-state index contributed by atoms with van der Waals surface area (Å²) in [6, 6.07) is 0. The first kappa shape index (κ1) is 19.6. The van der Waals surface area contributed by atoms with Gasteiger partial charge < -0.3 is 20.4 Å². The summed E-state index contributed by atoms with van der Waals surface area (Å²) in [5.41, 5.74) is -0.998. The molecule has 0 saturated heterocycles. The maximum absolute atomic E-state index is 10.6. The fourth-order valence-corrected chi connectivity index (χ4v) is 5.23. The maximum Gasteiger partial charge on any atom is 0.105 e. The molecule has 4 heteroatoms. The van der Waals surface area contributed by atoms with Crippen molar-refractivity contribution in [3.8, 4) is 0 Å². The monoisotopic (exact) mass is 338 g/mol. The van der Waals surface area contributed by atoms with Gasteiger partial charge in [0.15, 0.2) is 0 Å². The normalized spacial score (nSPS) is 43.6. The molecule has 0 bridgehead atoms. The van der Waals surface area contributed by atoms with Gasteiger partial charge in [0.1, 0.15) is 5.60 Å². The van der Waals surface area contributed by atoms with Crippen molar-refractivity contribution >= 4 is 0 Å². The van der Waals surface area contributed by atoms with E-state index in [4.69, 9.17) is 0 Å². The highest BCUT2D eigenvalue weighted by molar-refractivity contribution is 5.21. The Labute approximate surface area is 145 Å². The minimum absolute atomic E-state index is 0.0983. The molecule has 2 aliphatic carbocycles. The van der Waals surface area contributed by atoms with Gasteiger partial charge in [-0.25, -0.2) is 0 Å². The van der Waals surface area contributed by atoms with Crippen LogP contribution in [0.1, 0.15) is 52.9 Å². The second kappa shape index (κ2) is 6.56. The fraction of sp³-hybridized carbons (Fsp3) is 0.800. The van der Waals surface area contributed by atoms with Crippen LogP contribution in [0.5, 0.6) is 0 Å². The Kier molecular flexibility index (Phi) is 5.37. The molecule has 0 heterocycles. The lowest BCUT2D eigenvalue weighted by atomic mass is 9.46. The quantitative estimate of drug-likeness (QED) is 0.580. The number of hydrogen-bond donors (Lipinski definition) is 4. The minimum atomic E-state index is -1.37. The molecule has 1 unspecified atom stereocenters. The zero-order chi connectivity index (χ0) is 18.3. The number of fused-ring (bicyclic) bond motifs is 1. The molecule has 0 spiro atoms. The van der Waals surface area contributed by atoms with Crippen LogP contribution in [-0.2, 0) is 0 Å². The molecule has 138 valence electrons. The van der Waals surface area contributed by atoms with Gasteiger partial charge in [-0.05, 0) is 60.8 Å². The van der Waals surface area contributed by atoms with Gasteiger partial charge in [0.2, 0.25) is 0 Å². The maximum atomic E-state index is 10.6. The molecule has 24 heavy (non-hydrogen) atoms. The first-order valence-electron chi connectivity index (χ1n) is 9.03. The lowest BCUT2D eigenvalue weighted by molar-refractivity contribution is -0.123. The fourth-order valence-electron chi connectivity index (χ4n) is 5.23. The van der Waals surface area contributed by atoms with Crippen molar-refractivity contribution in [1.82, 2.24) is 0 Å². The van der Waals surface area contributed by atoms with E-state index < -0.39 is 17.8 Å². The van der Waals surface area contributed by atoms with E-state index in [0.29, 0.717) is 12.8 Å². The van der Waals surface area contributed by atoms with Crippen LogP contribution in [0.15, 0.2) is 24.8 Å². The highest BCUT2D eigenvalue weighted by atomic mass is 16.3. The van der Waals surface area contributed by atoms with E-state index in [1.165, 1.54) is 6.08 Å². The van der Waals surface area contributed by atoms with Crippen molar-refractivity contribution in [2.75, 3.05) is 6.61 Å². The molecular formula is C20H34O4. The zero-order valence-corrected chi connectivity index (χ0v) is 15.3. The molecule has 2 fully saturated rings. The van der Waals surface area contributed by atoms with Crippen LogP contribution in [0, 0.1) is 22.7 Å². The predicted octanol–water partition coefficient (Wildman–Crippen LogP) is 2.42. The van der Waals surface area contributed by atoms with Crippen LogP contribution in [0.3, 0.4) is 0 Å². The second-order valence-electron chi connectivity index (χ2n) is 8.78. The summed E-state index contributed by atoms with van der Waals surface area (Å²) in [6.45, 7) is 13.7. The molecule has 0 aromatic carbocycles. The Balaban J connectivity index is 2.37. The van der Waals surface area contributed by atoms with Gasteiger partial charge in [0, 0.05) is 6.61 Å². The third kappa shape index (κ3) is 3.10. The SMILES string of the molecule is C=C[C@](C)(O)C(O)C[C@H]1C(=C)[C@@H](O)C[C@H]2[C@](C)(CO)CCC[C@]12C. The van der Waals surface area contributed by atoms with Gasteiger partial charge in [-0.2, -0.15) is 0 Å². The van der Waals surface area contributed by atoms with Crippen molar-refractivity contribution in [1.29, 1.82) is 0 Å². The summed E-state index contributed by atoms with van der Waals surface area (Å²) in [6.07, 6.45) is 3.64. The second-order valence-corrected chi connectivity index (χ2v) is 8.78. The third-order valence-corrected chi connectivity index (χ3v) is 7.14. The topological polar surface area (TPSA) is 80.9 Å². The van der Waals surface area contributed by atoms with Gasteiger partial charge in [0.25, 0.3) is 0 Å². The summed E-state index contributed by atoms with van der Waals surface area (Å²) >= 11 is 0. The standard InChI is InChI=1S/C20H34O4/c1-6-20(5,24)17(23)10-14-13(2)15(22)11-16-18(3,12-21)8-7-9-19(14,16)4/h6,14-17,21-24H,1-2,7-12H2,3-5H3/t14-,15-,16-,17?,18-,19+,20-/m0/s1. The Hall–Kier alpha value is -0.680. The molecule has 2 aliphatic rings. The van der Waals surface area contributed by atoms with E-state index in [-0.39, 0.29) is 29.3 Å². The number of aliphatic hydroxyl groups excluding tert-OH is 3. The van der Waals surface area contributed by atoms with Crippen LogP contribution in [0.2, 0.25) is 0 Å². The zero-order valence-electron chi connectivity index (χ0n) is 15.3. The Morgan fingerprint density at radius 1 is 1.38 bits per heavy atom. The van der Waals surface area contributed by atoms with Crippen molar-refractivity contribution in [2.45, 2.75) is 70.7 Å². The lowest BCUT2D eigenvalue weighted by Crippen LogP contribution is -2.56. The predicted molar refractivity (Wildman–Crippen MR) is 95.3 cm³/mol. The molecule has 2 rings (SSSR count). The molecule has 2 saturated carbocycles. The van der Waals surface area contributed by atoms with E-state index in [1.807, 2.05) is 0 Å². The average Bonchev–Trinajstić information content (AvgIpc) is 2.53. The van der Waals surface area contributed by atoms with Crippen LogP contribution >= 0.6 is 0 Å². The first-order valence-corrected chi connectivity index (χ1v) is 9.03. The largest absolute Gasteiger partial charge is 0.396 e. The van der Waals surface area contributed by atoms with E-state index in [1.54, 1.807) is 6.92 Å². The summed E-state index contributed by atoms with van der Waals surface area (Å²) in [7, 11) is 0. The number of hydrogen-bond acceptors (Lipinski definition) is 4. The third-order valence-electron chi connectivity index (χ3n) is 7.14. The number of aliphatic hydroxyl groups is 4. The molecule has 4 nitrogen and oxygen atoms in total. The Morgan fingerprint density at radius 3 is 2.54 bits per heavy atom. The van der Waals surface area contributed by atoms with Crippen LogP contribution < -0.4 is 0 Å². The molecule has 0 radical (unpaired) electrons. The van der Waals surface area contributed by atoms with E-state index in [2.05, 4.69) is 27.0 Å². The summed E-state index contributed by atoms with van der Waals surface area (Å²) in [5.74, 6) is 0.0639. The van der Waals surface area contributed by atoms with Crippen molar-refractivity contribution in [2.24, 2.45) is 22.7 Å². The highest BCUT2D eigenvalue weighted by Gasteiger charge is 2.56. The van der Waals surface area contributed by atoms with Gasteiger partial charge in [-0.15, -0.1) is 6.58 Å². The van der Waals surface area contributed by atoms with Gasteiger partial charge in [0.05, 0.1) is 12.2 Å². The van der Waals surface area contributed by atoms with Crippen molar-refractivity contribution in [3.05, 3.63) is 24.8 Å². The van der Waals surface area contributed by atoms with Gasteiger partial charge >= 0.3 is 0 Å². The minimum Gasteiger partial charge on any atom is -0.396 e. The molecule has 0 aromatic rings. The molecule has 0 amide bonds. The van der Waals surface area contributed by atoms with Crippen molar-refractivity contribution in [3.63, 3.8) is 0 Å². The van der Waals surface area contributed by atoms with Crippen LogP contribution in [0.4, 0.5) is 0 Å². The highest BCUT2D eigenvalue weighted by Crippen LogP contribution is 2.61. The van der Waals surface area contributed by atoms with E-state index >= 15 is 0 Å².